The molecule has 6 heteroatoms. The predicted octanol–water partition coefficient (Wildman–Crippen LogP) is 4.28. The molecule has 2 aromatic carbocycles. The van der Waals surface area contributed by atoms with Crippen molar-refractivity contribution in [3.63, 3.8) is 0 Å². The number of nitrogens with zero attached hydrogens (tertiary/aromatic N) is 1. The zero-order valence-corrected chi connectivity index (χ0v) is 15.6. The number of halogens is 3. The van der Waals surface area contributed by atoms with E-state index in [1.165, 1.54) is 17.2 Å². The molecule has 146 valence electrons. The topological polar surface area (TPSA) is 34.0 Å². The van der Waals surface area contributed by atoms with Gasteiger partial charge in [-0.25, -0.2) is 0 Å². The molecule has 1 aliphatic carbocycles. The normalized spacial score (nSPS) is 13.9. The summed E-state index contributed by atoms with van der Waals surface area (Å²) in [6.07, 6.45) is -1.31. The highest BCUT2D eigenvalue weighted by Crippen LogP contribution is 2.30. The number of pyridine rings is 1. The Morgan fingerprint density at radius 1 is 1.07 bits per heavy atom. The number of hydrogen-bond acceptors (Lipinski definition) is 2. The smallest absolute Gasteiger partial charge is 0.315 e. The van der Waals surface area contributed by atoms with Gasteiger partial charge in [0, 0.05) is 12.1 Å². The van der Waals surface area contributed by atoms with Crippen molar-refractivity contribution >= 4 is 10.9 Å². The second kappa shape index (κ2) is 7.09. The highest BCUT2D eigenvalue weighted by atomic mass is 19.4. The van der Waals surface area contributed by atoms with E-state index in [1.54, 1.807) is 17.7 Å². The molecule has 3 aromatic rings. The summed E-state index contributed by atoms with van der Waals surface area (Å²) in [7, 11) is 1.77. The fourth-order valence-corrected chi connectivity index (χ4v) is 4.01. The van der Waals surface area contributed by atoms with Gasteiger partial charge in [0.1, 0.15) is 0 Å². The summed E-state index contributed by atoms with van der Waals surface area (Å²) in [4.78, 5) is 13.1. The van der Waals surface area contributed by atoms with Crippen LogP contribution in [0.2, 0.25) is 0 Å². The number of nitrogens with one attached hydrogen (secondary N) is 1. The largest absolute Gasteiger partial charge is 0.416 e. The van der Waals surface area contributed by atoms with Crippen LogP contribution in [0.5, 0.6) is 0 Å². The molecular formula is C22H21F3N2O. The number of hydrogen-bond donors (Lipinski definition) is 1. The van der Waals surface area contributed by atoms with Crippen LogP contribution in [0.15, 0.2) is 47.3 Å². The Bertz CT molecular complexity index is 1100. The molecule has 0 amide bonds. The predicted molar refractivity (Wildman–Crippen MR) is 104 cm³/mol. The van der Waals surface area contributed by atoms with Crippen LogP contribution in [-0.2, 0) is 32.1 Å². The van der Waals surface area contributed by atoms with Gasteiger partial charge in [0.25, 0.3) is 5.56 Å². The molecule has 0 spiro atoms. The number of alkyl halides is 3. The molecule has 0 radical (unpaired) electrons. The standard InChI is InChI=1S/C22H21F3N2O/c1-26-12-18-10-17-9-15-5-3-6-16(15)11-20(17)27(21(18)28)13-14-4-2-7-19(8-14)22(23,24)25/h2,4,7-11,26H,3,5-6,12-13H2,1H3. The third-order valence-electron chi connectivity index (χ3n) is 5.34. The summed E-state index contributed by atoms with van der Waals surface area (Å²) in [5.41, 5.74) is 3.51. The first kappa shape index (κ1) is 18.7. The Kier molecular flexibility index (Phi) is 4.75. The summed E-state index contributed by atoms with van der Waals surface area (Å²) in [6, 6.07) is 11.3. The first-order valence-corrected chi connectivity index (χ1v) is 9.36. The monoisotopic (exact) mass is 386 g/mol. The Balaban J connectivity index is 1.87. The molecule has 1 N–H and O–H groups in total. The Labute approximate surface area is 160 Å². The van der Waals surface area contributed by atoms with Gasteiger partial charge in [0.05, 0.1) is 17.6 Å². The van der Waals surface area contributed by atoms with Crippen LogP contribution in [0, 0.1) is 0 Å². The summed E-state index contributed by atoms with van der Waals surface area (Å²) < 4.78 is 40.8. The Morgan fingerprint density at radius 2 is 1.82 bits per heavy atom. The molecule has 28 heavy (non-hydrogen) atoms. The second-order valence-corrected chi connectivity index (χ2v) is 7.32. The Morgan fingerprint density at radius 3 is 2.54 bits per heavy atom. The fraction of sp³-hybridized carbons (Fsp3) is 0.318. The van der Waals surface area contributed by atoms with Gasteiger partial charge in [-0.15, -0.1) is 0 Å². The fourth-order valence-electron chi connectivity index (χ4n) is 4.01. The lowest BCUT2D eigenvalue weighted by atomic mass is 10.0. The van der Waals surface area contributed by atoms with Gasteiger partial charge in [-0.05, 0) is 78.7 Å². The Hall–Kier alpha value is -2.60. The number of aryl methyl sites for hydroxylation is 2. The van der Waals surface area contributed by atoms with Gasteiger partial charge in [0.2, 0.25) is 0 Å². The van der Waals surface area contributed by atoms with Crippen LogP contribution >= 0.6 is 0 Å². The van der Waals surface area contributed by atoms with Crippen LogP contribution in [0.3, 0.4) is 0 Å². The molecule has 0 unspecified atom stereocenters. The lowest BCUT2D eigenvalue weighted by Gasteiger charge is -2.16. The zero-order valence-electron chi connectivity index (χ0n) is 15.6. The van der Waals surface area contributed by atoms with Crippen molar-refractivity contribution in [1.82, 2.24) is 9.88 Å². The number of fused-ring (bicyclic) bond motifs is 2. The molecule has 0 atom stereocenters. The lowest BCUT2D eigenvalue weighted by Crippen LogP contribution is -2.27. The maximum Gasteiger partial charge on any atom is 0.416 e. The summed E-state index contributed by atoms with van der Waals surface area (Å²) in [5.74, 6) is 0. The summed E-state index contributed by atoms with van der Waals surface area (Å²) in [6.45, 7) is 0.518. The van der Waals surface area contributed by atoms with E-state index in [9.17, 15) is 18.0 Å². The van der Waals surface area contributed by atoms with E-state index in [2.05, 4.69) is 11.4 Å². The van der Waals surface area contributed by atoms with E-state index < -0.39 is 11.7 Å². The van der Waals surface area contributed by atoms with Crippen molar-refractivity contribution in [2.75, 3.05) is 7.05 Å². The minimum Gasteiger partial charge on any atom is -0.315 e. The maximum absolute atomic E-state index is 13.1. The second-order valence-electron chi connectivity index (χ2n) is 7.32. The third-order valence-corrected chi connectivity index (χ3v) is 5.34. The van der Waals surface area contributed by atoms with Crippen molar-refractivity contribution in [3.8, 4) is 0 Å². The molecule has 0 saturated heterocycles. The molecule has 0 saturated carbocycles. The number of rotatable bonds is 4. The number of aromatic nitrogens is 1. The van der Waals surface area contributed by atoms with Crippen LogP contribution in [0.4, 0.5) is 13.2 Å². The lowest BCUT2D eigenvalue weighted by molar-refractivity contribution is -0.137. The van der Waals surface area contributed by atoms with E-state index in [1.807, 2.05) is 12.1 Å². The quantitative estimate of drug-likeness (QED) is 0.726. The van der Waals surface area contributed by atoms with Gasteiger partial charge in [0.15, 0.2) is 0 Å². The van der Waals surface area contributed by atoms with Gasteiger partial charge in [-0.3, -0.25) is 4.79 Å². The zero-order chi connectivity index (χ0) is 19.9. The molecule has 0 bridgehead atoms. The van der Waals surface area contributed by atoms with Gasteiger partial charge >= 0.3 is 6.18 Å². The van der Waals surface area contributed by atoms with Crippen LogP contribution in [0.1, 0.15) is 34.2 Å². The molecule has 1 aromatic heterocycles. The van der Waals surface area contributed by atoms with E-state index in [0.29, 0.717) is 17.7 Å². The minimum atomic E-state index is -4.40. The van der Waals surface area contributed by atoms with Gasteiger partial charge < -0.3 is 9.88 Å². The van der Waals surface area contributed by atoms with E-state index in [0.717, 1.165) is 42.3 Å². The third kappa shape index (κ3) is 3.44. The van der Waals surface area contributed by atoms with Crippen LogP contribution in [0.25, 0.3) is 10.9 Å². The molecule has 1 heterocycles. The molecular weight excluding hydrogens is 365 g/mol. The maximum atomic E-state index is 13.1. The number of benzene rings is 2. The molecule has 0 fully saturated rings. The minimum absolute atomic E-state index is 0.107. The van der Waals surface area contributed by atoms with Gasteiger partial charge in [-0.1, -0.05) is 12.1 Å². The molecule has 4 rings (SSSR count). The van der Waals surface area contributed by atoms with Crippen molar-refractivity contribution in [2.45, 2.75) is 38.5 Å². The highest BCUT2D eigenvalue weighted by Gasteiger charge is 2.30. The van der Waals surface area contributed by atoms with Crippen LogP contribution in [-0.4, -0.2) is 11.6 Å². The highest BCUT2D eigenvalue weighted by molar-refractivity contribution is 5.82. The first-order chi connectivity index (χ1) is 13.4. The van der Waals surface area contributed by atoms with E-state index in [4.69, 9.17) is 0 Å². The van der Waals surface area contributed by atoms with Crippen molar-refractivity contribution in [1.29, 1.82) is 0 Å². The summed E-state index contributed by atoms with van der Waals surface area (Å²) in [5, 5.41) is 3.96. The van der Waals surface area contributed by atoms with E-state index >= 15 is 0 Å². The molecule has 0 aliphatic heterocycles. The van der Waals surface area contributed by atoms with Crippen LogP contribution < -0.4 is 10.9 Å². The first-order valence-electron chi connectivity index (χ1n) is 9.36. The van der Waals surface area contributed by atoms with Crippen molar-refractivity contribution < 1.29 is 13.2 Å². The van der Waals surface area contributed by atoms with Crippen molar-refractivity contribution in [2.24, 2.45) is 0 Å². The molecule has 1 aliphatic rings. The average molecular weight is 386 g/mol. The average Bonchev–Trinajstić information content (AvgIpc) is 3.11. The van der Waals surface area contributed by atoms with Gasteiger partial charge in [-0.2, -0.15) is 13.2 Å². The van der Waals surface area contributed by atoms with Crippen molar-refractivity contribution in [3.05, 3.63) is 80.6 Å². The molecule has 3 nitrogen and oxygen atoms in total. The SMILES string of the molecule is CNCc1cc2cc3c(cc2n(Cc2cccc(C(F)(F)F)c2)c1=O)CCC3. The summed E-state index contributed by atoms with van der Waals surface area (Å²) >= 11 is 0. The van der Waals surface area contributed by atoms with E-state index in [-0.39, 0.29) is 12.1 Å².